The molecule has 0 atom stereocenters. The van der Waals surface area contributed by atoms with Gasteiger partial charge in [-0.05, 0) is 23.8 Å². The first-order valence-electron chi connectivity index (χ1n) is 6.00. The summed E-state index contributed by atoms with van der Waals surface area (Å²) in [6, 6.07) is 4.05. The van der Waals surface area contributed by atoms with Crippen molar-refractivity contribution < 1.29 is 13.9 Å². The molecule has 22 heavy (non-hydrogen) atoms. The first kappa shape index (κ1) is 15.6. The molecule has 2 aromatic rings. The maximum absolute atomic E-state index is 13.0. The van der Waals surface area contributed by atoms with Gasteiger partial charge in [0.25, 0.3) is 0 Å². The van der Waals surface area contributed by atoms with Crippen LogP contribution in [0.15, 0.2) is 24.3 Å². The average molecular weight is 324 g/mol. The Morgan fingerprint density at radius 2 is 1.95 bits per heavy atom. The van der Waals surface area contributed by atoms with Crippen LogP contribution in [0.25, 0.3) is 6.08 Å². The fourth-order valence-corrected chi connectivity index (χ4v) is 1.67. The second kappa shape index (κ2) is 6.81. The fourth-order valence-electron chi connectivity index (χ4n) is 1.49. The van der Waals surface area contributed by atoms with E-state index in [9.17, 15) is 9.18 Å². The summed E-state index contributed by atoms with van der Waals surface area (Å²) >= 11 is 5.63. The molecule has 0 unspecified atom stereocenters. The van der Waals surface area contributed by atoms with Gasteiger partial charge in [-0.15, -0.1) is 0 Å². The SMILES string of the molecule is Nc1nc(N)nc(COC(=O)/C=C/c2ccc(F)c(Cl)c2)n1. The van der Waals surface area contributed by atoms with E-state index in [1.54, 1.807) is 0 Å². The molecule has 114 valence electrons. The highest BCUT2D eigenvalue weighted by molar-refractivity contribution is 6.30. The number of hydrogen-bond donors (Lipinski definition) is 2. The molecule has 0 fully saturated rings. The Morgan fingerprint density at radius 3 is 2.59 bits per heavy atom. The van der Waals surface area contributed by atoms with E-state index in [0.29, 0.717) is 5.56 Å². The van der Waals surface area contributed by atoms with E-state index in [-0.39, 0.29) is 29.4 Å². The zero-order valence-electron chi connectivity index (χ0n) is 11.2. The molecular weight excluding hydrogens is 313 g/mol. The minimum Gasteiger partial charge on any atom is -0.454 e. The van der Waals surface area contributed by atoms with Crippen LogP contribution in [0.1, 0.15) is 11.4 Å². The third kappa shape index (κ3) is 4.38. The number of esters is 1. The third-order valence-electron chi connectivity index (χ3n) is 2.42. The molecule has 9 heteroatoms. The van der Waals surface area contributed by atoms with Crippen LogP contribution in [0.3, 0.4) is 0 Å². The van der Waals surface area contributed by atoms with Gasteiger partial charge in [-0.25, -0.2) is 9.18 Å². The number of hydrogen-bond acceptors (Lipinski definition) is 7. The van der Waals surface area contributed by atoms with Crippen LogP contribution in [-0.2, 0) is 16.1 Å². The van der Waals surface area contributed by atoms with E-state index in [1.165, 1.54) is 24.3 Å². The first-order chi connectivity index (χ1) is 10.4. The topological polar surface area (TPSA) is 117 Å². The summed E-state index contributed by atoms with van der Waals surface area (Å²) in [5, 5.41) is -0.0355. The minimum absolute atomic E-state index is 0.0355. The molecule has 4 N–H and O–H groups in total. The Kier molecular flexibility index (Phi) is 4.84. The van der Waals surface area contributed by atoms with E-state index < -0.39 is 11.8 Å². The maximum atomic E-state index is 13.0. The van der Waals surface area contributed by atoms with Crippen LogP contribution in [0.2, 0.25) is 5.02 Å². The molecule has 0 aliphatic carbocycles. The predicted octanol–water partition coefficient (Wildman–Crippen LogP) is 1.59. The Bertz CT molecular complexity index is 718. The number of nitrogen functional groups attached to an aromatic ring is 2. The smallest absolute Gasteiger partial charge is 0.331 e. The second-order valence-electron chi connectivity index (χ2n) is 4.08. The lowest BCUT2D eigenvalue weighted by Crippen LogP contribution is -2.09. The molecule has 0 amide bonds. The van der Waals surface area contributed by atoms with Gasteiger partial charge in [-0.3, -0.25) is 0 Å². The van der Waals surface area contributed by atoms with E-state index in [0.717, 1.165) is 6.08 Å². The summed E-state index contributed by atoms with van der Waals surface area (Å²) in [5.41, 5.74) is 11.3. The van der Waals surface area contributed by atoms with Gasteiger partial charge in [-0.2, -0.15) is 15.0 Å². The van der Waals surface area contributed by atoms with Gasteiger partial charge < -0.3 is 16.2 Å². The van der Waals surface area contributed by atoms with Crippen molar-refractivity contribution in [3.63, 3.8) is 0 Å². The molecule has 0 saturated heterocycles. The van der Waals surface area contributed by atoms with E-state index in [2.05, 4.69) is 15.0 Å². The van der Waals surface area contributed by atoms with E-state index in [4.69, 9.17) is 27.8 Å². The standard InChI is InChI=1S/C13H11ClFN5O2/c14-8-5-7(1-3-9(8)15)2-4-11(21)22-6-10-18-12(16)20-13(17)19-10/h1-5H,6H2,(H4,16,17,18,19,20)/b4-2+. The first-order valence-corrected chi connectivity index (χ1v) is 6.37. The summed E-state index contributed by atoms with van der Waals surface area (Å²) in [5.74, 6) is -1.16. The minimum atomic E-state index is -0.641. The molecule has 0 aliphatic heterocycles. The third-order valence-corrected chi connectivity index (χ3v) is 2.71. The van der Waals surface area contributed by atoms with Crippen LogP contribution in [0.4, 0.5) is 16.3 Å². The van der Waals surface area contributed by atoms with Crippen LogP contribution in [0, 0.1) is 5.82 Å². The number of aromatic nitrogens is 3. The highest BCUT2D eigenvalue weighted by Gasteiger charge is 2.05. The van der Waals surface area contributed by atoms with Gasteiger partial charge in [0.2, 0.25) is 11.9 Å². The van der Waals surface area contributed by atoms with Gasteiger partial charge in [0.1, 0.15) is 5.82 Å². The normalized spacial score (nSPS) is 10.8. The number of carbonyl (C=O) groups excluding carboxylic acids is 1. The summed E-state index contributed by atoms with van der Waals surface area (Å²) in [6.45, 7) is -0.204. The Hall–Kier alpha value is -2.74. The van der Waals surface area contributed by atoms with Crippen LogP contribution < -0.4 is 11.5 Å². The van der Waals surface area contributed by atoms with Crippen molar-refractivity contribution in [2.45, 2.75) is 6.61 Å². The largest absolute Gasteiger partial charge is 0.454 e. The van der Waals surface area contributed by atoms with Crippen molar-refractivity contribution in [1.82, 2.24) is 15.0 Å². The van der Waals surface area contributed by atoms with Crippen molar-refractivity contribution in [2.24, 2.45) is 0 Å². The van der Waals surface area contributed by atoms with Crippen molar-refractivity contribution in [1.29, 1.82) is 0 Å². The highest BCUT2D eigenvalue weighted by Crippen LogP contribution is 2.16. The molecule has 0 radical (unpaired) electrons. The molecule has 1 aromatic heterocycles. The molecule has 1 heterocycles. The molecule has 0 aliphatic rings. The summed E-state index contributed by atoms with van der Waals surface area (Å²) < 4.78 is 17.9. The van der Waals surface area contributed by atoms with E-state index >= 15 is 0 Å². The zero-order chi connectivity index (χ0) is 16.1. The lowest BCUT2D eigenvalue weighted by atomic mass is 10.2. The van der Waals surface area contributed by atoms with Crippen LogP contribution >= 0.6 is 11.6 Å². The number of nitrogens with zero attached hydrogens (tertiary/aromatic N) is 3. The molecule has 0 bridgehead atoms. The monoisotopic (exact) mass is 323 g/mol. The lowest BCUT2D eigenvalue weighted by molar-refractivity contribution is -0.139. The van der Waals surface area contributed by atoms with Gasteiger partial charge in [0, 0.05) is 6.08 Å². The van der Waals surface area contributed by atoms with E-state index in [1.807, 2.05) is 0 Å². The summed E-state index contributed by atoms with van der Waals surface area (Å²) in [7, 11) is 0. The maximum Gasteiger partial charge on any atom is 0.331 e. The molecule has 7 nitrogen and oxygen atoms in total. The highest BCUT2D eigenvalue weighted by atomic mass is 35.5. The summed E-state index contributed by atoms with van der Waals surface area (Å²) in [6.07, 6.45) is 2.60. The Balaban J connectivity index is 1.94. The quantitative estimate of drug-likeness (QED) is 0.648. The number of rotatable bonds is 4. The molecule has 2 rings (SSSR count). The average Bonchev–Trinajstić information content (AvgIpc) is 2.45. The van der Waals surface area contributed by atoms with Gasteiger partial charge in [0.05, 0.1) is 5.02 Å². The van der Waals surface area contributed by atoms with Gasteiger partial charge >= 0.3 is 5.97 Å². The Labute approximate surface area is 129 Å². The molecular formula is C13H11ClFN5O2. The number of benzene rings is 1. The lowest BCUT2D eigenvalue weighted by Gasteiger charge is -2.02. The van der Waals surface area contributed by atoms with Gasteiger partial charge in [0.15, 0.2) is 12.4 Å². The van der Waals surface area contributed by atoms with Crippen LogP contribution in [0.5, 0.6) is 0 Å². The summed E-state index contributed by atoms with van der Waals surface area (Å²) in [4.78, 5) is 22.7. The zero-order valence-corrected chi connectivity index (χ0v) is 11.9. The van der Waals surface area contributed by atoms with Gasteiger partial charge in [-0.1, -0.05) is 17.7 Å². The number of nitrogens with two attached hydrogens (primary N) is 2. The fraction of sp³-hybridized carbons (Fsp3) is 0.0769. The Morgan fingerprint density at radius 1 is 1.27 bits per heavy atom. The predicted molar refractivity (Wildman–Crippen MR) is 78.9 cm³/mol. The van der Waals surface area contributed by atoms with Crippen LogP contribution in [-0.4, -0.2) is 20.9 Å². The number of carbonyl (C=O) groups is 1. The van der Waals surface area contributed by atoms with Crippen molar-refractivity contribution in [3.8, 4) is 0 Å². The van der Waals surface area contributed by atoms with Crippen molar-refractivity contribution in [2.75, 3.05) is 11.5 Å². The second-order valence-corrected chi connectivity index (χ2v) is 4.49. The molecule has 0 saturated carbocycles. The number of halogens is 2. The molecule has 0 spiro atoms. The number of ether oxygens (including phenoxy) is 1. The molecule has 1 aromatic carbocycles. The van der Waals surface area contributed by atoms with Crippen molar-refractivity contribution >= 4 is 35.5 Å². The van der Waals surface area contributed by atoms with Crippen molar-refractivity contribution in [3.05, 3.63) is 46.5 Å². The number of anilines is 2.